The average molecular weight is 463 g/mol. The zero-order valence-electron chi connectivity index (χ0n) is 16.1. The van der Waals surface area contributed by atoms with Gasteiger partial charge >= 0.3 is 0 Å². The van der Waals surface area contributed by atoms with Gasteiger partial charge in [0.1, 0.15) is 16.1 Å². The van der Waals surface area contributed by atoms with Gasteiger partial charge in [-0.05, 0) is 49.9 Å². The van der Waals surface area contributed by atoms with E-state index in [0.29, 0.717) is 28.6 Å². The van der Waals surface area contributed by atoms with Gasteiger partial charge in [0.2, 0.25) is 12.3 Å². The van der Waals surface area contributed by atoms with Crippen molar-refractivity contribution in [2.45, 2.75) is 36.5 Å². The highest BCUT2D eigenvalue weighted by molar-refractivity contribution is 7.93. The van der Waals surface area contributed by atoms with E-state index < -0.39 is 20.1 Å². The van der Waals surface area contributed by atoms with Gasteiger partial charge in [-0.2, -0.15) is 0 Å². The van der Waals surface area contributed by atoms with Crippen molar-refractivity contribution >= 4 is 38.6 Å². The number of sulfone groups is 1. The monoisotopic (exact) mass is 462 g/mol. The fourth-order valence-electron chi connectivity index (χ4n) is 4.23. The standard InChI is InChI=1S/C20H19ClN4O3S2/c1-19(10-30(26,27)20(6-3-7-20)18(22)24-19)16-14(21)9-15(29-16)12-4-2-5-13(8-12)17-25-23-11-28-17/h2,4-5,8-9,11H,3,6-7,10H2,1H3,(H2,22,24). The number of hydrogen-bond acceptors (Lipinski definition) is 8. The number of aromatic nitrogens is 2. The maximum atomic E-state index is 13.1. The lowest BCUT2D eigenvalue weighted by Crippen LogP contribution is -2.61. The molecule has 1 saturated carbocycles. The van der Waals surface area contributed by atoms with Crippen molar-refractivity contribution in [3.63, 3.8) is 0 Å². The third kappa shape index (κ3) is 2.83. The highest BCUT2D eigenvalue weighted by Gasteiger charge is 2.58. The average Bonchev–Trinajstić information content (AvgIpc) is 3.29. The van der Waals surface area contributed by atoms with Crippen molar-refractivity contribution < 1.29 is 12.8 Å². The van der Waals surface area contributed by atoms with E-state index in [-0.39, 0.29) is 11.6 Å². The Labute approximate surface area is 182 Å². The summed E-state index contributed by atoms with van der Waals surface area (Å²) in [6.45, 7) is 1.79. The highest BCUT2D eigenvalue weighted by atomic mass is 35.5. The molecule has 2 N–H and O–H groups in total. The van der Waals surface area contributed by atoms with Crippen LogP contribution in [0, 0.1) is 0 Å². The van der Waals surface area contributed by atoms with Crippen molar-refractivity contribution in [3.05, 3.63) is 46.6 Å². The zero-order valence-corrected chi connectivity index (χ0v) is 18.5. The van der Waals surface area contributed by atoms with Crippen LogP contribution in [0.15, 0.2) is 46.1 Å². The Bertz CT molecular complexity index is 1260. The molecule has 0 amide bonds. The quantitative estimate of drug-likeness (QED) is 0.628. The first-order valence-corrected chi connectivity index (χ1v) is 12.3. The SMILES string of the molecule is CC1(c2sc(-c3cccc(-c4nnco4)c3)cc2Cl)CS(=O)(=O)C2(CCC2)C(N)=N1. The molecule has 1 unspecified atom stereocenters. The Morgan fingerprint density at radius 2 is 2.00 bits per heavy atom. The number of nitrogens with zero attached hydrogens (tertiary/aromatic N) is 3. The maximum absolute atomic E-state index is 13.1. The number of halogens is 1. The lowest BCUT2D eigenvalue weighted by molar-refractivity contribution is 0.393. The van der Waals surface area contributed by atoms with E-state index in [1.807, 2.05) is 30.3 Å². The van der Waals surface area contributed by atoms with Gasteiger partial charge in [0.15, 0.2) is 9.84 Å². The first kappa shape index (κ1) is 19.7. The Kier molecular flexibility index (Phi) is 4.36. The molecule has 0 saturated heterocycles. The van der Waals surface area contributed by atoms with Crippen molar-refractivity contribution in [1.29, 1.82) is 0 Å². The van der Waals surface area contributed by atoms with Crippen LogP contribution in [-0.4, -0.2) is 35.0 Å². The van der Waals surface area contributed by atoms with Crippen LogP contribution in [0.4, 0.5) is 0 Å². The molecule has 1 spiro atoms. The van der Waals surface area contributed by atoms with E-state index in [4.69, 9.17) is 21.8 Å². The number of amidine groups is 1. The number of nitrogens with two attached hydrogens (primary N) is 1. The number of benzene rings is 1. The molecular weight excluding hydrogens is 444 g/mol. The normalized spacial score (nSPS) is 24.4. The topological polar surface area (TPSA) is 111 Å². The molecule has 156 valence electrons. The number of hydrogen-bond donors (Lipinski definition) is 1. The molecule has 5 rings (SSSR count). The Hall–Kier alpha value is -2.23. The first-order valence-electron chi connectivity index (χ1n) is 9.49. The fourth-order valence-corrected chi connectivity index (χ4v) is 8.45. The number of thiophene rings is 1. The molecule has 0 radical (unpaired) electrons. The van der Waals surface area contributed by atoms with Crippen LogP contribution in [0.25, 0.3) is 21.9 Å². The molecule has 2 aromatic heterocycles. The van der Waals surface area contributed by atoms with Crippen molar-refractivity contribution in [2.24, 2.45) is 10.7 Å². The highest BCUT2D eigenvalue weighted by Crippen LogP contribution is 2.50. The summed E-state index contributed by atoms with van der Waals surface area (Å²) in [6.07, 6.45) is 3.23. The van der Waals surface area contributed by atoms with Crippen LogP contribution in [0.2, 0.25) is 5.02 Å². The van der Waals surface area contributed by atoms with E-state index in [9.17, 15) is 8.42 Å². The zero-order chi connectivity index (χ0) is 21.1. The fraction of sp³-hybridized carbons (Fsp3) is 0.350. The van der Waals surface area contributed by atoms with Crippen LogP contribution < -0.4 is 5.73 Å². The van der Waals surface area contributed by atoms with E-state index >= 15 is 0 Å². The molecule has 1 aliphatic heterocycles. The Balaban J connectivity index is 1.56. The van der Waals surface area contributed by atoms with E-state index in [2.05, 4.69) is 15.2 Å². The van der Waals surface area contributed by atoms with Gasteiger partial charge in [-0.15, -0.1) is 21.5 Å². The minimum absolute atomic E-state index is 0.0948. The predicted octanol–water partition coefficient (Wildman–Crippen LogP) is 4.04. The minimum atomic E-state index is -3.44. The van der Waals surface area contributed by atoms with Gasteiger partial charge < -0.3 is 10.2 Å². The van der Waals surface area contributed by atoms with Gasteiger partial charge in [0, 0.05) is 10.4 Å². The molecule has 2 aliphatic rings. The van der Waals surface area contributed by atoms with Crippen molar-refractivity contribution in [2.75, 3.05) is 5.75 Å². The summed E-state index contributed by atoms with van der Waals surface area (Å²) in [6, 6.07) is 9.50. The van der Waals surface area contributed by atoms with E-state index in [1.54, 1.807) is 6.92 Å². The summed E-state index contributed by atoms with van der Waals surface area (Å²) in [5.41, 5.74) is 6.91. The molecule has 30 heavy (non-hydrogen) atoms. The molecule has 1 aliphatic carbocycles. The molecule has 1 aromatic carbocycles. The van der Waals surface area contributed by atoms with Crippen LogP contribution in [0.1, 0.15) is 31.1 Å². The summed E-state index contributed by atoms with van der Waals surface area (Å²) in [5.74, 6) is 0.544. The van der Waals surface area contributed by atoms with Crippen LogP contribution >= 0.6 is 22.9 Å². The summed E-state index contributed by atoms with van der Waals surface area (Å²) in [4.78, 5) is 6.28. The molecule has 3 heterocycles. The largest absolute Gasteiger partial charge is 0.423 e. The second-order valence-corrected chi connectivity index (χ2v) is 11.7. The van der Waals surface area contributed by atoms with Crippen LogP contribution in [0.3, 0.4) is 0 Å². The van der Waals surface area contributed by atoms with Crippen LogP contribution in [0.5, 0.6) is 0 Å². The molecule has 3 aromatic rings. The third-order valence-electron chi connectivity index (χ3n) is 5.99. The van der Waals surface area contributed by atoms with E-state index in [1.165, 1.54) is 17.7 Å². The number of aliphatic imine (C=N–C) groups is 1. The molecule has 1 atom stereocenters. The molecule has 10 heteroatoms. The Morgan fingerprint density at radius 3 is 2.63 bits per heavy atom. The van der Waals surface area contributed by atoms with Gasteiger partial charge in [-0.3, -0.25) is 4.99 Å². The predicted molar refractivity (Wildman–Crippen MR) is 117 cm³/mol. The number of rotatable bonds is 3. The minimum Gasteiger partial charge on any atom is -0.423 e. The molecular formula is C20H19ClN4O3S2. The smallest absolute Gasteiger partial charge is 0.247 e. The lowest BCUT2D eigenvalue weighted by atomic mass is 9.82. The van der Waals surface area contributed by atoms with Crippen molar-refractivity contribution in [1.82, 2.24) is 10.2 Å². The lowest BCUT2D eigenvalue weighted by Gasteiger charge is -2.46. The van der Waals surface area contributed by atoms with Gasteiger partial charge in [-0.1, -0.05) is 23.7 Å². The van der Waals surface area contributed by atoms with Gasteiger partial charge in [0.25, 0.3) is 0 Å². The summed E-state index contributed by atoms with van der Waals surface area (Å²) < 4.78 is 30.6. The Morgan fingerprint density at radius 1 is 1.23 bits per heavy atom. The summed E-state index contributed by atoms with van der Waals surface area (Å²) in [5, 5.41) is 8.14. The van der Waals surface area contributed by atoms with Crippen molar-refractivity contribution in [3.8, 4) is 21.9 Å². The second-order valence-electron chi connectivity index (χ2n) is 7.99. The second kappa shape index (κ2) is 6.63. The summed E-state index contributed by atoms with van der Waals surface area (Å²) in [7, 11) is -3.44. The summed E-state index contributed by atoms with van der Waals surface area (Å²) >= 11 is 8.01. The van der Waals surface area contributed by atoms with E-state index in [0.717, 1.165) is 22.4 Å². The molecule has 1 fully saturated rings. The van der Waals surface area contributed by atoms with Crippen LogP contribution in [-0.2, 0) is 15.4 Å². The van der Waals surface area contributed by atoms with Gasteiger partial charge in [0.05, 0.1) is 15.7 Å². The molecule has 0 bridgehead atoms. The molecule has 7 nitrogen and oxygen atoms in total. The van der Waals surface area contributed by atoms with Gasteiger partial charge in [-0.25, -0.2) is 8.42 Å². The third-order valence-corrected chi connectivity index (χ3v) is 10.6. The first-order chi connectivity index (χ1) is 14.2. The maximum Gasteiger partial charge on any atom is 0.247 e.